The first-order chi connectivity index (χ1) is 16.3. The van der Waals surface area contributed by atoms with Crippen LogP contribution in [0.1, 0.15) is 50.2 Å². The Morgan fingerprint density at radius 3 is 2.41 bits per heavy atom. The summed E-state index contributed by atoms with van der Waals surface area (Å²) in [5.41, 5.74) is 3.75. The third-order valence-electron chi connectivity index (χ3n) is 6.66. The Labute approximate surface area is 199 Å². The molecule has 0 saturated carbocycles. The Balaban J connectivity index is 1.71. The Kier molecular flexibility index (Phi) is 5.52. The van der Waals surface area contributed by atoms with E-state index >= 15 is 0 Å². The van der Waals surface area contributed by atoms with Crippen LogP contribution in [0.5, 0.6) is 0 Å². The molecule has 34 heavy (non-hydrogen) atoms. The van der Waals surface area contributed by atoms with Gasteiger partial charge in [-0.25, -0.2) is 8.42 Å². The fourth-order valence-electron chi connectivity index (χ4n) is 4.74. The van der Waals surface area contributed by atoms with Crippen molar-refractivity contribution in [3.63, 3.8) is 0 Å². The number of fused-ring (bicyclic) bond motifs is 2. The molecule has 0 aliphatic carbocycles. The van der Waals surface area contributed by atoms with Crippen LogP contribution < -0.4 is 4.90 Å². The molecular weight excluding hydrogens is 448 g/mol. The molecule has 174 valence electrons. The fraction of sp³-hybridized carbons (Fsp3) is 0.259. The standard InChI is InChI=1S/C27H26N2O4S/c1-18-9-10-19(2)21(15-18)17-29-23-16-20(26(30)28-13-5-6-14-28)11-12-25(23)34(32,33)24-8-4-3-7-22(24)27(29)31/h3-4,7-12,15-16H,5-6,13-14,17H2,1-2H3. The minimum absolute atomic E-state index is 0.0108. The molecule has 2 aliphatic rings. The fourth-order valence-corrected chi connectivity index (χ4v) is 6.37. The lowest BCUT2D eigenvalue weighted by atomic mass is 10.0. The van der Waals surface area contributed by atoms with E-state index in [9.17, 15) is 18.0 Å². The molecule has 2 aliphatic heterocycles. The largest absolute Gasteiger partial charge is 0.339 e. The Morgan fingerprint density at radius 2 is 1.65 bits per heavy atom. The number of hydrogen-bond acceptors (Lipinski definition) is 4. The lowest BCUT2D eigenvalue weighted by molar-refractivity contribution is 0.0792. The Bertz CT molecular complexity index is 1420. The maximum absolute atomic E-state index is 13.8. The number of nitrogens with zero attached hydrogens (tertiary/aromatic N) is 2. The van der Waals surface area contributed by atoms with Crippen LogP contribution >= 0.6 is 0 Å². The minimum atomic E-state index is -3.96. The second-order valence-corrected chi connectivity index (χ2v) is 10.9. The molecule has 7 heteroatoms. The van der Waals surface area contributed by atoms with Crippen molar-refractivity contribution in [2.75, 3.05) is 18.0 Å². The van der Waals surface area contributed by atoms with Crippen LogP contribution in [-0.2, 0) is 16.4 Å². The SMILES string of the molecule is Cc1ccc(C)c(CN2C(=O)c3ccccc3S(=O)(=O)c3ccc(C(=O)N4CCCC4)cc32)c1. The highest BCUT2D eigenvalue weighted by molar-refractivity contribution is 7.91. The van der Waals surface area contributed by atoms with Crippen LogP contribution in [0, 0.1) is 13.8 Å². The van der Waals surface area contributed by atoms with Gasteiger partial charge in [-0.1, -0.05) is 35.9 Å². The molecule has 0 spiro atoms. The maximum atomic E-state index is 13.8. The molecule has 0 aromatic heterocycles. The van der Waals surface area contributed by atoms with Crippen molar-refractivity contribution in [3.05, 3.63) is 88.5 Å². The molecular formula is C27H26N2O4S. The Hall–Kier alpha value is -3.45. The van der Waals surface area contributed by atoms with Gasteiger partial charge in [0.15, 0.2) is 0 Å². The lowest BCUT2D eigenvalue weighted by Crippen LogP contribution is -2.31. The number of rotatable bonds is 3. The van der Waals surface area contributed by atoms with Crippen molar-refractivity contribution >= 4 is 27.3 Å². The summed E-state index contributed by atoms with van der Waals surface area (Å²) in [6, 6.07) is 16.9. The zero-order valence-electron chi connectivity index (χ0n) is 19.2. The highest BCUT2D eigenvalue weighted by Crippen LogP contribution is 2.38. The van der Waals surface area contributed by atoms with Gasteiger partial charge >= 0.3 is 0 Å². The average molecular weight is 475 g/mol. The van der Waals surface area contributed by atoms with Crippen molar-refractivity contribution in [2.45, 2.75) is 43.0 Å². The van der Waals surface area contributed by atoms with Crippen molar-refractivity contribution in [3.8, 4) is 0 Å². The van der Waals surface area contributed by atoms with Crippen LogP contribution in [0.2, 0.25) is 0 Å². The van der Waals surface area contributed by atoms with Gasteiger partial charge in [-0.05, 0) is 68.1 Å². The summed E-state index contributed by atoms with van der Waals surface area (Å²) in [4.78, 5) is 30.2. The first-order valence-corrected chi connectivity index (χ1v) is 12.9. The number of likely N-dealkylation sites (tertiary alicyclic amines) is 1. The second kappa shape index (κ2) is 8.40. The van der Waals surface area contributed by atoms with Crippen molar-refractivity contribution in [1.29, 1.82) is 0 Å². The zero-order valence-corrected chi connectivity index (χ0v) is 20.1. The molecule has 5 rings (SSSR count). The number of benzene rings is 3. The van der Waals surface area contributed by atoms with E-state index in [1.165, 1.54) is 17.0 Å². The lowest BCUT2D eigenvalue weighted by Gasteiger charge is -2.25. The number of carbonyl (C=O) groups is 2. The monoisotopic (exact) mass is 474 g/mol. The van der Waals surface area contributed by atoms with E-state index in [1.54, 1.807) is 35.2 Å². The van der Waals surface area contributed by atoms with E-state index in [0.717, 1.165) is 29.5 Å². The summed E-state index contributed by atoms with van der Waals surface area (Å²) >= 11 is 0. The predicted octanol–water partition coefficient (Wildman–Crippen LogP) is 4.53. The summed E-state index contributed by atoms with van der Waals surface area (Å²) in [6.07, 6.45) is 1.91. The van der Waals surface area contributed by atoms with Crippen molar-refractivity contribution < 1.29 is 18.0 Å². The minimum Gasteiger partial charge on any atom is -0.339 e. The molecule has 1 fully saturated rings. The normalized spacial score (nSPS) is 16.7. The summed E-state index contributed by atoms with van der Waals surface area (Å²) < 4.78 is 27.3. The average Bonchev–Trinajstić information content (AvgIpc) is 3.36. The van der Waals surface area contributed by atoms with Crippen LogP contribution in [-0.4, -0.2) is 38.2 Å². The number of amides is 2. The topological polar surface area (TPSA) is 74.8 Å². The predicted molar refractivity (Wildman–Crippen MR) is 130 cm³/mol. The molecule has 6 nitrogen and oxygen atoms in total. The summed E-state index contributed by atoms with van der Waals surface area (Å²) in [5, 5.41) is 0. The van der Waals surface area contributed by atoms with Crippen LogP contribution in [0.25, 0.3) is 0 Å². The second-order valence-electron chi connectivity index (χ2n) is 9.00. The van der Waals surface area contributed by atoms with E-state index in [0.29, 0.717) is 18.7 Å². The molecule has 2 amide bonds. The summed E-state index contributed by atoms with van der Waals surface area (Å²) in [5.74, 6) is -0.539. The van der Waals surface area contributed by atoms with Crippen molar-refractivity contribution in [2.24, 2.45) is 0 Å². The third kappa shape index (κ3) is 3.70. The van der Waals surface area contributed by atoms with Crippen LogP contribution in [0.3, 0.4) is 0 Å². The van der Waals surface area contributed by atoms with Gasteiger partial charge in [0.25, 0.3) is 11.8 Å². The van der Waals surface area contributed by atoms with E-state index in [4.69, 9.17) is 0 Å². The Morgan fingerprint density at radius 1 is 0.912 bits per heavy atom. The van der Waals surface area contributed by atoms with E-state index in [2.05, 4.69) is 0 Å². The van der Waals surface area contributed by atoms with Crippen LogP contribution in [0.4, 0.5) is 5.69 Å². The van der Waals surface area contributed by atoms with Crippen molar-refractivity contribution in [1.82, 2.24) is 4.90 Å². The third-order valence-corrected chi connectivity index (χ3v) is 8.52. The molecule has 0 atom stereocenters. The molecule has 0 radical (unpaired) electrons. The molecule has 0 unspecified atom stereocenters. The number of sulfone groups is 1. The van der Waals surface area contributed by atoms with E-state index in [-0.39, 0.29) is 33.5 Å². The van der Waals surface area contributed by atoms with E-state index in [1.807, 2.05) is 32.0 Å². The van der Waals surface area contributed by atoms with Gasteiger partial charge in [0, 0.05) is 18.7 Å². The summed E-state index contributed by atoms with van der Waals surface area (Å²) in [7, 11) is -3.96. The van der Waals surface area contributed by atoms with Gasteiger partial charge in [-0.15, -0.1) is 0 Å². The van der Waals surface area contributed by atoms with Gasteiger partial charge < -0.3 is 9.80 Å². The highest BCUT2D eigenvalue weighted by atomic mass is 32.2. The van der Waals surface area contributed by atoms with Gasteiger partial charge in [0.05, 0.1) is 27.6 Å². The quantitative estimate of drug-likeness (QED) is 0.559. The molecule has 0 bridgehead atoms. The zero-order chi connectivity index (χ0) is 24.0. The first-order valence-electron chi connectivity index (χ1n) is 11.4. The smallest absolute Gasteiger partial charge is 0.259 e. The first kappa shape index (κ1) is 22.3. The maximum Gasteiger partial charge on any atom is 0.259 e. The van der Waals surface area contributed by atoms with Gasteiger partial charge in [0.1, 0.15) is 0 Å². The number of anilines is 1. The molecule has 2 heterocycles. The van der Waals surface area contributed by atoms with E-state index < -0.39 is 15.7 Å². The van der Waals surface area contributed by atoms with Gasteiger partial charge in [0.2, 0.25) is 9.84 Å². The number of carbonyl (C=O) groups excluding carboxylic acids is 2. The molecule has 1 saturated heterocycles. The molecule has 0 N–H and O–H groups in total. The molecule has 3 aromatic rings. The number of aryl methyl sites for hydroxylation is 2. The highest BCUT2D eigenvalue weighted by Gasteiger charge is 2.36. The number of hydrogen-bond donors (Lipinski definition) is 0. The summed E-state index contributed by atoms with van der Waals surface area (Å²) in [6.45, 7) is 5.52. The van der Waals surface area contributed by atoms with Crippen LogP contribution in [0.15, 0.2) is 70.5 Å². The van der Waals surface area contributed by atoms with Gasteiger partial charge in [-0.2, -0.15) is 0 Å². The van der Waals surface area contributed by atoms with Gasteiger partial charge in [-0.3, -0.25) is 9.59 Å². The molecule has 3 aromatic carbocycles.